The molecule has 0 saturated carbocycles. The third kappa shape index (κ3) is 2.51. The van der Waals surface area contributed by atoms with Gasteiger partial charge in [-0.3, -0.25) is 4.68 Å². The van der Waals surface area contributed by atoms with Crippen LogP contribution in [-0.4, -0.2) is 9.78 Å². The largest absolute Gasteiger partial charge is 0.326 e. The third-order valence-corrected chi connectivity index (χ3v) is 2.99. The van der Waals surface area contributed by atoms with Gasteiger partial charge in [0.2, 0.25) is 0 Å². The van der Waals surface area contributed by atoms with E-state index in [0.29, 0.717) is 6.54 Å². The van der Waals surface area contributed by atoms with Gasteiger partial charge in [0.05, 0.1) is 5.69 Å². The molecule has 0 bridgehead atoms. The Bertz CT molecular complexity index is 500. The van der Waals surface area contributed by atoms with E-state index in [1.807, 2.05) is 18.7 Å². The van der Waals surface area contributed by atoms with Crippen LogP contribution in [0.15, 0.2) is 24.3 Å². The standard InChI is InChI=1S/C13H17N3.ClH/c1-9-13(10(2)16(3)15-9)12-6-4-11(8-14)5-7-12;/h4-7H,8,14H2,1-3H3;1H. The molecule has 0 aliphatic carbocycles. The molecular weight excluding hydrogens is 234 g/mol. The van der Waals surface area contributed by atoms with Gasteiger partial charge in [0.1, 0.15) is 0 Å². The van der Waals surface area contributed by atoms with Crippen molar-refractivity contribution in [2.75, 3.05) is 0 Å². The molecule has 0 radical (unpaired) electrons. The minimum absolute atomic E-state index is 0. The summed E-state index contributed by atoms with van der Waals surface area (Å²) in [7, 11) is 1.97. The minimum Gasteiger partial charge on any atom is -0.326 e. The van der Waals surface area contributed by atoms with Crippen LogP contribution in [0.5, 0.6) is 0 Å². The maximum atomic E-state index is 5.59. The summed E-state index contributed by atoms with van der Waals surface area (Å²) in [5, 5.41) is 4.42. The molecule has 1 heterocycles. The van der Waals surface area contributed by atoms with E-state index >= 15 is 0 Å². The van der Waals surface area contributed by atoms with E-state index in [4.69, 9.17) is 5.73 Å². The molecule has 2 N–H and O–H groups in total. The second-order valence-corrected chi connectivity index (χ2v) is 4.07. The zero-order valence-corrected chi connectivity index (χ0v) is 11.2. The molecule has 2 rings (SSSR count). The van der Waals surface area contributed by atoms with Gasteiger partial charge in [-0.2, -0.15) is 5.10 Å². The van der Waals surface area contributed by atoms with Crippen LogP contribution in [0.25, 0.3) is 11.1 Å². The summed E-state index contributed by atoms with van der Waals surface area (Å²) in [6.07, 6.45) is 0. The van der Waals surface area contributed by atoms with Crippen molar-refractivity contribution in [1.29, 1.82) is 0 Å². The first-order chi connectivity index (χ1) is 7.63. The Labute approximate surface area is 108 Å². The lowest BCUT2D eigenvalue weighted by atomic mass is 10.0. The van der Waals surface area contributed by atoms with Crippen molar-refractivity contribution in [3.8, 4) is 11.1 Å². The monoisotopic (exact) mass is 251 g/mol. The lowest BCUT2D eigenvalue weighted by molar-refractivity contribution is 0.731. The molecule has 17 heavy (non-hydrogen) atoms. The number of nitrogens with two attached hydrogens (primary N) is 1. The average Bonchev–Trinajstić information content (AvgIpc) is 2.54. The first-order valence-electron chi connectivity index (χ1n) is 5.43. The van der Waals surface area contributed by atoms with E-state index in [0.717, 1.165) is 11.3 Å². The third-order valence-electron chi connectivity index (χ3n) is 2.99. The Morgan fingerprint density at radius 3 is 2.18 bits per heavy atom. The molecule has 4 heteroatoms. The lowest BCUT2D eigenvalue weighted by Crippen LogP contribution is -1.95. The van der Waals surface area contributed by atoms with E-state index in [1.54, 1.807) is 0 Å². The van der Waals surface area contributed by atoms with Crippen LogP contribution < -0.4 is 5.73 Å². The van der Waals surface area contributed by atoms with Gasteiger partial charge in [0.25, 0.3) is 0 Å². The van der Waals surface area contributed by atoms with Crippen LogP contribution in [0, 0.1) is 13.8 Å². The summed E-state index contributed by atoms with van der Waals surface area (Å²) in [5.74, 6) is 0. The van der Waals surface area contributed by atoms with Crippen LogP contribution in [0.1, 0.15) is 17.0 Å². The lowest BCUT2D eigenvalue weighted by Gasteiger charge is -2.03. The highest BCUT2D eigenvalue weighted by Gasteiger charge is 2.10. The van der Waals surface area contributed by atoms with Crippen LogP contribution in [0.4, 0.5) is 0 Å². The number of halogens is 1. The number of benzene rings is 1. The molecular formula is C13H18ClN3. The summed E-state index contributed by atoms with van der Waals surface area (Å²) in [5.41, 5.74) is 11.4. The van der Waals surface area contributed by atoms with Crippen molar-refractivity contribution >= 4 is 12.4 Å². The van der Waals surface area contributed by atoms with Crippen molar-refractivity contribution in [3.05, 3.63) is 41.2 Å². The molecule has 0 spiro atoms. The van der Waals surface area contributed by atoms with Gasteiger partial charge in [0.15, 0.2) is 0 Å². The molecule has 0 atom stereocenters. The molecule has 0 aliphatic heterocycles. The summed E-state index contributed by atoms with van der Waals surface area (Å²) >= 11 is 0. The molecule has 1 aromatic heterocycles. The zero-order chi connectivity index (χ0) is 11.7. The van der Waals surface area contributed by atoms with E-state index in [1.165, 1.54) is 16.8 Å². The van der Waals surface area contributed by atoms with E-state index in [2.05, 4.69) is 36.3 Å². The van der Waals surface area contributed by atoms with Gasteiger partial charge in [-0.15, -0.1) is 12.4 Å². The Balaban J connectivity index is 0.00000144. The molecule has 1 aromatic carbocycles. The van der Waals surface area contributed by atoms with Crippen molar-refractivity contribution in [2.45, 2.75) is 20.4 Å². The van der Waals surface area contributed by atoms with E-state index in [9.17, 15) is 0 Å². The van der Waals surface area contributed by atoms with Crippen LogP contribution in [0.3, 0.4) is 0 Å². The van der Waals surface area contributed by atoms with Gasteiger partial charge < -0.3 is 5.73 Å². The number of nitrogens with zero attached hydrogens (tertiary/aromatic N) is 2. The number of rotatable bonds is 2. The number of hydrogen-bond acceptors (Lipinski definition) is 2. The second-order valence-electron chi connectivity index (χ2n) is 4.07. The highest BCUT2D eigenvalue weighted by Crippen LogP contribution is 2.26. The van der Waals surface area contributed by atoms with E-state index in [-0.39, 0.29) is 12.4 Å². The van der Waals surface area contributed by atoms with Gasteiger partial charge in [0, 0.05) is 24.8 Å². The van der Waals surface area contributed by atoms with Crippen molar-refractivity contribution in [2.24, 2.45) is 12.8 Å². The van der Waals surface area contributed by atoms with Crippen LogP contribution in [0.2, 0.25) is 0 Å². The molecule has 0 aliphatic rings. The van der Waals surface area contributed by atoms with Crippen LogP contribution in [-0.2, 0) is 13.6 Å². The fourth-order valence-electron chi connectivity index (χ4n) is 2.00. The highest BCUT2D eigenvalue weighted by atomic mass is 35.5. The summed E-state index contributed by atoms with van der Waals surface area (Å²) in [4.78, 5) is 0. The highest BCUT2D eigenvalue weighted by molar-refractivity contribution is 5.85. The minimum atomic E-state index is 0. The van der Waals surface area contributed by atoms with E-state index < -0.39 is 0 Å². The predicted octanol–water partition coefficient (Wildman–Crippen LogP) is 2.58. The van der Waals surface area contributed by atoms with Crippen LogP contribution >= 0.6 is 12.4 Å². The van der Waals surface area contributed by atoms with Crippen molar-refractivity contribution in [3.63, 3.8) is 0 Å². The Kier molecular flexibility index (Phi) is 4.32. The zero-order valence-electron chi connectivity index (χ0n) is 10.4. The number of hydrogen-bond donors (Lipinski definition) is 1. The first kappa shape index (κ1) is 13.7. The molecule has 3 nitrogen and oxygen atoms in total. The van der Waals surface area contributed by atoms with Gasteiger partial charge >= 0.3 is 0 Å². The van der Waals surface area contributed by atoms with Gasteiger partial charge in [-0.1, -0.05) is 24.3 Å². The molecule has 92 valence electrons. The molecule has 0 fully saturated rings. The first-order valence-corrected chi connectivity index (χ1v) is 5.43. The second kappa shape index (κ2) is 5.34. The molecule has 0 saturated heterocycles. The SMILES string of the molecule is Cc1nn(C)c(C)c1-c1ccc(CN)cc1.Cl. The van der Waals surface area contributed by atoms with Crippen molar-refractivity contribution < 1.29 is 0 Å². The maximum Gasteiger partial charge on any atom is 0.0674 e. The average molecular weight is 252 g/mol. The topological polar surface area (TPSA) is 43.8 Å². The summed E-state index contributed by atoms with van der Waals surface area (Å²) in [6, 6.07) is 8.36. The number of aryl methyl sites for hydroxylation is 2. The fourth-order valence-corrected chi connectivity index (χ4v) is 2.00. The Morgan fingerprint density at radius 1 is 1.18 bits per heavy atom. The normalized spacial score (nSPS) is 10.1. The summed E-state index contributed by atoms with van der Waals surface area (Å²) in [6.45, 7) is 4.72. The molecule has 2 aromatic rings. The predicted molar refractivity (Wildman–Crippen MR) is 73.3 cm³/mol. The fraction of sp³-hybridized carbons (Fsp3) is 0.308. The molecule has 0 unspecified atom stereocenters. The van der Waals surface area contributed by atoms with Gasteiger partial charge in [-0.05, 0) is 25.0 Å². The number of aromatic nitrogens is 2. The molecule has 0 amide bonds. The Hall–Kier alpha value is -1.32. The van der Waals surface area contributed by atoms with Crippen molar-refractivity contribution in [1.82, 2.24) is 9.78 Å². The Morgan fingerprint density at radius 2 is 1.76 bits per heavy atom. The van der Waals surface area contributed by atoms with Gasteiger partial charge in [-0.25, -0.2) is 0 Å². The maximum absolute atomic E-state index is 5.59. The quantitative estimate of drug-likeness (QED) is 0.892. The summed E-state index contributed by atoms with van der Waals surface area (Å²) < 4.78 is 1.92. The smallest absolute Gasteiger partial charge is 0.0674 e.